The third kappa shape index (κ3) is 3.08. The molecule has 0 spiro atoms. The van der Waals surface area contributed by atoms with Crippen LogP contribution < -0.4 is 0 Å². The lowest BCUT2D eigenvalue weighted by atomic mass is 10.1. The molecule has 0 N–H and O–H groups in total. The van der Waals surface area contributed by atoms with Crippen LogP contribution in [0.1, 0.15) is 13.8 Å². The maximum absolute atomic E-state index is 3.67. The van der Waals surface area contributed by atoms with Crippen LogP contribution in [-0.4, -0.2) is 0 Å². The molecule has 0 saturated heterocycles. The van der Waals surface area contributed by atoms with E-state index in [1.165, 1.54) is 0 Å². The van der Waals surface area contributed by atoms with Gasteiger partial charge in [-0.3, -0.25) is 0 Å². The maximum Gasteiger partial charge on any atom is -0.0303 e. The number of hydrogen-bond donors (Lipinski definition) is 0. The Morgan fingerprint density at radius 3 is 2.10 bits per heavy atom. The molecule has 0 unspecified atom stereocenters. The first-order valence-electron chi connectivity index (χ1n) is 3.34. The highest BCUT2D eigenvalue weighted by Crippen LogP contribution is 2.03. The van der Waals surface area contributed by atoms with E-state index in [1.807, 2.05) is 38.2 Å². The first kappa shape index (κ1) is 8.96. The van der Waals surface area contributed by atoms with E-state index >= 15 is 0 Å². The van der Waals surface area contributed by atoms with Gasteiger partial charge in [0, 0.05) is 0 Å². The second-order valence-corrected chi connectivity index (χ2v) is 2.09. The Bertz CT molecular complexity index is 180. The molecule has 0 heterocycles. The summed E-state index contributed by atoms with van der Waals surface area (Å²) in [6.07, 6.45) is 7.71. The molecule has 0 aromatic carbocycles. The summed E-state index contributed by atoms with van der Waals surface area (Å²) in [6.45, 7) is 11.3. The molecule has 0 atom stereocenters. The lowest BCUT2D eigenvalue weighted by Gasteiger charge is -1.92. The fraction of sp³-hybridized carbons (Fsp3) is 0.200. The van der Waals surface area contributed by atoms with Crippen molar-refractivity contribution in [3.8, 4) is 0 Å². The van der Waals surface area contributed by atoms with Gasteiger partial charge in [0.25, 0.3) is 0 Å². The number of hydrogen-bond acceptors (Lipinski definition) is 0. The molecular weight excluding hydrogens is 120 g/mol. The van der Waals surface area contributed by atoms with Gasteiger partial charge in [0.1, 0.15) is 0 Å². The van der Waals surface area contributed by atoms with Crippen LogP contribution in [0.2, 0.25) is 0 Å². The van der Waals surface area contributed by atoms with Crippen molar-refractivity contribution < 1.29 is 0 Å². The van der Waals surface area contributed by atoms with Crippen LogP contribution in [0.25, 0.3) is 0 Å². The van der Waals surface area contributed by atoms with E-state index in [0.717, 1.165) is 11.1 Å². The molecule has 0 aromatic rings. The number of rotatable bonds is 3. The molecule has 0 bridgehead atoms. The zero-order valence-electron chi connectivity index (χ0n) is 6.72. The molecule has 0 aliphatic carbocycles. The minimum absolute atomic E-state index is 1.14. The van der Waals surface area contributed by atoms with Crippen molar-refractivity contribution in [1.29, 1.82) is 0 Å². The zero-order valence-corrected chi connectivity index (χ0v) is 6.72. The summed E-state index contributed by atoms with van der Waals surface area (Å²) in [7, 11) is 0. The number of allylic oxidation sites excluding steroid dienone is 6. The molecule has 0 rings (SSSR count). The molecule has 0 amide bonds. The van der Waals surface area contributed by atoms with Gasteiger partial charge in [-0.05, 0) is 19.4 Å². The molecule has 0 heteroatoms. The Hall–Kier alpha value is -1.04. The molecule has 0 fully saturated rings. The van der Waals surface area contributed by atoms with Crippen LogP contribution in [-0.2, 0) is 0 Å². The van der Waals surface area contributed by atoms with Gasteiger partial charge in [-0.25, -0.2) is 0 Å². The van der Waals surface area contributed by atoms with E-state index in [-0.39, 0.29) is 0 Å². The van der Waals surface area contributed by atoms with Crippen molar-refractivity contribution in [3.05, 3.63) is 48.6 Å². The van der Waals surface area contributed by atoms with Gasteiger partial charge in [0.15, 0.2) is 0 Å². The fourth-order valence-corrected chi connectivity index (χ4v) is 0.582. The summed E-state index contributed by atoms with van der Waals surface area (Å²) in [4.78, 5) is 0. The molecule has 0 nitrogen and oxygen atoms in total. The lowest BCUT2D eigenvalue weighted by Crippen LogP contribution is -1.71. The van der Waals surface area contributed by atoms with Crippen LogP contribution >= 0.6 is 0 Å². The van der Waals surface area contributed by atoms with Crippen LogP contribution in [0.15, 0.2) is 48.6 Å². The minimum atomic E-state index is 1.14. The third-order valence-electron chi connectivity index (χ3n) is 1.29. The summed E-state index contributed by atoms with van der Waals surface area (Å²) in [5.41, 5.74) is 2.30. The summed E-state index contributed by atoms with van der Waals surface area (Å²) < 4.78 is 0. The van der Waals surface area contributed by atoms with E-state index < -0.39 is 0 Å². The van der Waals surface area contributed by atoms with E-state index in [1.54, 1.807) is 0 Å². The highest BCUT2D eigenvalue weighted by Gasteiger charge is 1.82. The molecule has 0 saturated carbocycles. The van der Waals surface area contributed by atoms with E-state index in [0.29, 0.717) is 0 Å². The zero-order chi connectivity index (χ0) is 7.98. The molecule has 10 heavy (non-hydrogen) atoms. The van der Waals surface area contributed by atoms with Crippen molar-refractivity contribution >= 4 is 0 Å². The first-order valence-corrected chi connectivity index (χ1v) is 3.34. The quantitative estimate of drug-likeness (QED) is 0.520. The minimum Gasteiger partial charge on any atom is -0.0988 e. The van der Waals surface area contributed by atoms with Crippen molar-refractivity contribution in [2.24, 2.45) is 0 Å². The monoisotopic (exact) mass is 134 g/mol. The van der Waals surface area contributed by atoms with Gasteiger partial charge in [0.05, 0.1) is 0 Å². The smallest absolute Gasteiger partial charge is 0.0303 e. The van der Waals surface area contributed by atoms with Gasteiger partial charge >= 0.3 is 0 Å². The van der Waals surface area contributed by atoms with Crippen LogP contribution in [0, 0.1) is 0 Å². The predicted molar refractivity (Wildman–Crippen MR) is 47.9 cm³/mol. The Kier molecular flexibility index (Phi) is 4.30. The predicted octanol–water partition coefficient (Wildman–Crippen LogP) is 3.25. The first-order chi connectivity index (χ1) is 4.74. The Morgan fingerprint density at radius 1 is 1.20 bits per heavy atom. The maximum atomic E-state index is 3.67. The van der Waals surface area contributed by atoms with Gasteiger partial charge in [-0.2, -0.15) is 0 Å². The molecule has 0 aromatic heterocycles. The van der Waals surface area contributed by atoms with E-state index in [2.05, 4.69) is 13.2 Å². The van der Waals surface area contributed by atoms with Gasteiger partial charge in [-0.15, -0.1) is 0 Å². The Labute approximate surface area is 63.3 Å². The summed E-state index contributed by atoms with van der Waals surface area (Å²) in [5, 5.41) is 0. The van der Waals surface area contributed by atoms with Crippen LogP contribution in [0.3, 0.4) is 0 Å². The summed E-state index contributed by atoms with van der Waals surface area (Å²) in [5.74, 6) is 0. The van der Waals surface area contributed by atoms with Crippen molar-refractivity contribution in [3.63, 3.8) is 0 Å². The molecule has 54 valence electrons. The molecular formula is C10H14. The SMILES string of the molecule is C=CC(C)=CC(C=C)=CC. The third-order valence-corrected chi connectivity index (χ3v) is 1.29. The van der Waals surface area contributed by atoms with Crippen LogP contribution in [0.5, 0.6) is 0 Å². The Morgan fingerprint density at radius 2 is 1.80 bits per heavy atom. The average molecular weight is 134 g/mol. The summed E-state index contributed by atoms with van der Waals surface area (Å²) in [6, 6.07) is 0. The molecule has 0 radical (unpaired) electrons. The second kappa shape index (κ2) is 4.80. The normalized spacial score (nSPS) is 13.0. The summed E-state index contributed by atoms with van der Waals surface area (Å²) >= 11 is 0. The van der Waals surface area contributed by atoms with Gasteiger partial charge in [-0.1, -0.05) is 43.0 Å². The average Bonchev–Trinajstić information content (AvgIpc) is 1.99. The Balaban J connectivity index is 4.36. The molecule has 0 aliphatic rings. The lowest BCUT2D eigenvalue weighted by molar-refractivity contribution is 1.48. The molecule has 0 aliphatic heterocycles. The topological polar surface area (TPSA) is 0 Å². The van der Waals surface area contributed by atoms with Crippen molar-refractivity contribution in [2.75, 3.05) is 0 Å². The fourth-order valence-electron chi connectivity index (χ4n) is 0.582. The second-order valence-electron chi connectivity index (χ2n) is 2.09. The van der Waals surface area contributed by atoms with Crippen LogP contribution in [0.4, 0.5) is 0 Å². The van der Waals surface area contributed by atoms with E-state index in [4.69, 9.17) is 0 Å². The van der Waals surface area contributed by atoms with Gasteiger partial charge < -0.3 is 0 Å². The largest absolute Gasteiger partial charge is 0.0988 e. The van der Waals surface area contributed by atoms with Crippen molar-refractivity contribution in [2.45, 2.75) is 13.8 Å². The van der Waals surface area contributed by atoms with Crippen molar-refractivity contribution in [1.82, 2.24) is 0 Å². The standard InChI is InChI=1S/C10H14/c1-5-9(4)8-10(6-2)7-3/h5-8H,1-2H2,3-4H3. The van der Waals surface area contributed by atoms with E-state index in [9.17, 15) is 0 Å². The highest BCUT2D eigenvalue weighted by atomic mass is 13.9. The highest BCUT2D eigenvalue weighted by molar-refractivity contribution is 5.34. The van der Waals surface area contributed by atoms with Gasteiger partial charge in [0.2, 0.25) is 0 Å².